The maximum atomic E-state index is 10.6. The number of carboxylic acid groups (broad SMARTS) is 2. The maximum absolute atomic E-state index is 10.6. The van der Waals surface area contributed by atoms with Crippen molar-refractivity contribution in [2.75, 3.05) is 6.54 Å². The molecule has 0 amide bonds. The Labute approximate surface area is 95.6 Å². The number of hydrogen-bond acceptors (Lipinski definition) is 3. The van der Waals surface area contributed by atoms with Crippen LogP contribution in [0.3, 0.4) is 0 Å². The van der Waals surface area contributed by atoms with Crippen molar-refractivity contribution in [1.82, 2.24) is 0 Å². The number of carbonyl (C=O) groups is 2. The minimum absolute atomic E-state index is 0.224. The van der Waals surface area contributed by atoms with Gasteiger partial charge in [-0.25, -0.2) is 0 Å². The number of carboxylic acids is 2. The summed E-state index contributed by atoms with van der Waals surface area (Å²) in [5.74, 6) is -3.73. The van der Waals surface area contributed by atoms with E-state index in [2.05, 4.69) is 0 Å². The summed E-state index contributed by atoms with van der Waals surface area (Å²) in [7, 11) is 0. The highest BCUT2D eigenvalue weighted by Crippen LogP contribution is 2.12. The Morgan fingerprint density at radius 3 is 1.75 bits per heavy atom. The van der Waals surface area contributed by atoms with E-state index in [1.54, 1.807) is 0 Å². The molecule has 0 aromatic carbocycles. The van der Waals surface area contributed by atoms with Crippen LogP contribution in [0.25, 0.3) is 0 Å². The fraction of sp³-hybridized carbons (Fsp3) is 0.818. The van der Waals surface area contributed by atoms with Crippen molar-refractivity contribution in [2.24, 2.45) is 11.7 Å². The quantitative estimate of drug-likeness (QED) is 0.390. The minimum atomic E-state index is -1.25. The van der Waals surface area contributed by atoms with Gasteiger partial charge < -0.3 is 15.9 Å². The van der Waals surface area contributed by atoms with Gasteiger partial charge in [0, 0.05) is 0 Å². The van der Waals surface area contributed by atoms with Crippen LogP contribution in [-0.2, 0) is 9.59 Å². The van der Waals surface area contributed by atoms with Crippen molar-refractivity contribution in [3.8, 4) is 0 Å². The highest BCUT2D eigenvalue weighted by Gasteiger charge is 2.24. The lowest BCUT2D eigenvalue weighted by Crippen LogP contribution is -2.23. The lowest BCUT2D eigenvalue weighted by atomic mass is 10.0. The Morgan fingerprint density at radius 2 is 1.31 bits per heavy atom. The summed E-state index contributed by atoms with van der Waals surface area (Å²) in [6, 6.07) is 0. The van der Waals surface area contributed by atoms with Gasteiger partial charge in [0.2, 0.25) is 0 Å². The SMILES string of the molecule is NCCCCCCCCC(C(=O)O)C(=O)O. The monoisotopic (exact) mass is 231 g/mol. The molecule has 0 unspecified atom stereocenters. The zero-order valence-corrected chi connectivity index (χ0v) is 9.52. The molecule has 0 aromatic rings. The van der Waals surface area contributed by atoms with Crippen LogP contribution in [0, 0.1) is 5.92 Å². The summed E-state index contributed by atoms with van der Waals surface area (Å²) in [4.78, 5) is 21.1. The molecule has 0 fully saturated rings. The van der Waals surface area contributed by atoms with Gasteiger partial charge in [-0.2, -0.15) is 0 Å². The normalized spacial score (nSPS) is 10.6. The summed E-state index contributed by atoms with van der Waals surface area (Å²) >= 11 is 0. The second-order valence-electron chi connectivity index (χ2n) is 3.93. The molecule has 0 heterocycles. The summed E-state index contributed by atoms with van der Waals surface area (Å²) < 4.78 is 0. The van der Waals surface area contributed by atoms with Crippen LogP contribution in [0.1, 0.15) is 44.9 Å². The van der Waals surface area contributed by atoms with Gasteiger partial charge >= 0.3 is 11.9 Å². The zero-order valence-electron chi connectivity index (χ0n) is 9.52. The molecule has 0 aliphatic carbocycles. The van der Waals surface area contributed by atoms with E-state index in [-0.39, 0.29) is 6.42 Å². The van der Waals surface area contributed by atoms with Gasteiger partial charge in [-0.05, 0) is 19.4 Å². The predicted molar refractivity (Wildman–Crippen MR) is 60.1 cm³/mol. The third-order valence-electron chi connectivity index (χ3n) is 2.54. The van der Waals surface area contributed by atoms with Gasteiger partial charge in [0.05, 0.1) is 0 Å². The van der Waals surface area contributed by atoms with E-state index in [4.69, 9.17) is 15.9 Å². The molecule has 94 valence electrons. The smallest absolute Gasteiger partial charge is 0.317 e. The highest BCUT2D eigenvalue weighted by molar-refractivity contribution is 5.92. The molecule has 0 radical (unpaired) electrons. The number of hydrogen-bond donors (Lipinski definition) is 3. The van der Waals surface area contributed by atoms with E-state index in [0.717, 1.165) is 32.1 Å². The topological polar surface area (TPSA) is 101 Å². The van der Waals surface area contributed by atoms with Crippen LogP contribution in [0.5, 0.6) is 0 Å². The molecule has 0 atom stereocenters. The van der Waals surface area contributed by atoms with E-state index in [1.165, 1.54) is 0 Å². The van der Waals surface area contributed by atoms with Gasteiger partial charge in [-0.3, -0.25) is 9.59 Å². The van der Waals surface area contributed by atoms with Gasteiger partial charge in [0.15, 0.2) is 5.92 Å². The van der Waals surface area contributed by atoms with E-state index in [0.29, 0.717) is 13.0 Å². The van der Waals surface area contributed by atoms with E-state index in [9.17, 15) is 9.59 Å². The first-order valence-electron chi connectivity index (χ1n) is 5.75. The minimum Gasteiger partial charge on any atom is -0.481 e. The molecule has 16 heavy (non-hydrogen) atoms. The first-order chi connectivity index (χ1) is 7.59. The molecule has 0 aromatic heterocycles. The average Bonchev–Trinajstić information content (AvgIpc) is 2.21. The van der Waals surface area contributed by atoms with Crippen molar-refractivity contribution in [2.45, 2.75) is 44.9 Å². The van der Waals surface area contributed by atoms with Crippen LogP contribution < -0.4 is 5.73 Å². The van der Waals surface area contributed by atoms with Crippen LogP contribution in [0.4, 0.5) is 0 Å². The Hall–Kier alpha value is -1.10. The van der Waals surface area contributed by atoms with E-state index < -0.39 is 17.9 Å². The molecule has 0 aliphatic rings. The second kappa shape index (κ2) is 9.15. The summed E-state index contributed by atoms with van der Waals surface area (Å²) in [5, 5.41) is 17.2. The molecular formula is C11H21NO4. The summed E-state index contributed by atoms with van der Waals surface area (Å²) in [6.07, 6.45) is 5.99. The number of aliphatic carboxylic acids is 2. The predicted octanol–water partition coefficient (Wildman–Crippen LogP) is 1.46. The van der Waals surface area contributed by atoms with Crippen LogP contribution in [0.15, 0.2) is 0 Å². The lowest BCUT2D eigenvalue weighted by molar-refractivity contribution is -0.154. The third kappa shape index (κ3) is 7.23. The van der Waals surface area contributed by atoms with Crippen molar-refractivity contribution < 1.29 is 19.8 Å². The Morgan fingerprint density at radius 1 is 0.875 bits per heavy atom. The molecule has 5 heteroatoms. The highest BCUT2D eigenvalue weighted by atomic mass is 16.4. The molecule has 0 saturated carbocycles. The fourth-order valence-electron chi connectivity index (χ4n) is 1.55. The number of unbranched alkanes of at least 4 members (excludes halogenated alkanes) is 5. The van der Waals surface area contributed by atoms with Gasteiger partial charge in [-0.1, -0.05) is 32.1 Å². The third-order valence-corrected chi connectivity index (χ3v) is 2.54. The molecule has 0 rings (SSSR count). The Bertz CT molecular complexity index is 204. The Balaban J connectivity index is 3.48. The number of rotatable bonds is 10. The summed E-state index contributed by atoms with van der Waals surface area (Å²) in [5.41, 5.74) is 5.35. The van der Waals surface area contributed by atoms with Crippen LogP contribution in [0.2, 0.25) is 0 Å². The first kappa shape index (κ1) is 14.9. The van der Waals surface area contributed by atoms with E-state index >= 15 is 0 Å². The van der Waals surface area contributed by atoms with Crippen molar-refractivity contribution in [3.05, 3.63) is 0 Å². The molecule has 0 spiro atoms. The van der Waals surface area contributed by atoms with Crippen molar-refractivity contribution in [3.63, 3.8) is 0 Å². The fourth-order valence-corrected chi connectivity index (χ4v) is 1.55. The largest absolute Gasteiger partial charge is 0.481 e. The van der Waals surface area contributed by atoms with Gasteiger partial charge in [0.1, 0.15) is 0 Å². The van der Waals surface area contributed by atoms with E-state index in [1.807, 2.05) is 0 Å². The average molecular weight is 231 g/mol. The lowest BCUT2D eigenvalue weighted by Gasteiger charge is -2.06. The zero-order chi connectivity index (χ0) is 12.4. The first-order valence-corrected chi connectivity index (χ1v) is 5.75. The standard InChI is InChI=1S/C11H21NO4/c12-8-6-4-2-1-3-5-7-9(10(13)14)11(15)16/h9H,1-8,12H2,(H,13,14)(H,15,16). The molecule has 0 aliphatic heterocycles. The molecule has 5 nitrogen and oxygen atoms in total. The van der Waals surface area contributed by atoms with Crippen molar-refractivity contribution >= 4 is 11.9 Å². The van der Waals surface area contributed by atoms with Gasteiger partial charge in [0.25, 0.3) is 0 Å². The number of nitrogens with two attached hydrogens (primary N) is 1. The molecular weight excluding hydrogens is 210 g/mol. The van der Waals surface area contributed by atoms with Gasteiger partial charge in [-0.15, -0.1) is 0 Å². The Kier molecular flexibility index (Phi) is 8.52. The maximum Gasteiger partial charge on any atom is 0.317 e. The molecule has 4 N–H and O–H groups in total. The van der Waals surface area contributed by atoms with Crippen LogP contribution >= 0.6 is 0 Å². The second-order valence-corrected chi connectivity index (χ2v) is 3.93. The molecule has 0 saturated heterocycles. The molecule has 0 bridgehead atoms. The van der Waals surface area contributed by atoms with Crippen LogP contribution in [-0.4, -0.2) is 28.7 Å². The summed E-state index contributed by atoms with van der Waals surface area (Å²) in [6.45, 7) is 0.708. The van der Waals surface area contributed by atoms with Crippen molar-refractivity contribution in [1.29, 1.82) is 0 Å².